The Morgan fingerprint density at radius 3 is 2.46 bits per heavy atom. The minimum Gasteiger partial charge on any atom is -0.497 e. The van der Waals surface area contributed by atoms with Gasteiger partial charge in [0.1, 0.15) is 10.9 Å². The van der Waals surface area contributed by atoms with Crippen LogP contribution < -0.4 is 14.2 Å². The molecule has 7 nitrogen and oxygen atoms in total. The maximum Gasteiger partial charge on any atom is 0.274 e. The van der Waals surface area contributed by atoms with Gasteiger partial charge in [0.2, 0.25) is 0 Å². The topological polar surface area (TPSA) is 73.2 Å². The number of pyridine rings is 1. The lowest BCUT2D eigenvalue weighted by Crippen LogP contribution is -2.27. The van der Waals surface area contributed by atoms with Gasteiger partial charge in [-0.15, -0.1) is 0 Å². The fraction of sp³-hybridized carbons (Fsp3) is 0.179. The fourth-order valence-electron chi connectivity index (χ4n) is 4.39. The number of carbonyl (C=O) groups is 1. The molecule has 4 aromatic rings. The molecule has 0 aliphatic carbocycles. The number of halogens is 2. The molecule has 0 saturated carbocycles. The van der Waals surface area contributed by atoms with Gasteiger partial charge in [-0.3, -0.25) is 4.79 Å². The highest BCUT2D eigenvalue weighted by molar-refractivity contribution is 6.31. The highest BCUT2D eigenvalue weighted by atomic mass is 35.5. The Morgan fingerprint density at radius 1 is 0.919 bits per heavy atom. The van der Waals surface area contributed by atoms with Crippen molar-refractivity contribution in [1.82, 2.24) is 9.99 Å². The molecule has 1 aliphatic rings. The predicted molar refractivity (Wildman–Crippen MR) is 144 cm³/mol. The van der Waals surface area contributed by atoms with Gasteiger partial charge >= 0.3 is 0 Å². The summed E-state index contributed by atoms with van der Waals surface area (Å²) in [6.07, 6.45) is 0.415. The van der Waals surface area contributed by atoms with Crippen molar-refractivity contribution in [2.45, 2.75) is 12.5 Å². The van der Waals surface area contributed by atoms with Gasteiger partial charge in [0.05, 0.1) is 38.6 Å². The standard InChI is InChI=1S/C28H23Cl2N3O4/c1-35-20-8-9-22-18(12-20)13-21(27(30)31-22)24-15-23(16-7-10-25(36-2)26(14-16)37-3)32-33(24)28(34)17-5-4-6-19(29)11-17/h4-14,24H,15H2,1-3H3/t24-/m1/s1. The number of hydrogen-bond acceptors (Lipinski definition) is 6. The molecule has 0 unspecified atom stereocenters. The van der Waals surface area contributed by atoms with Crippen LogP contribution >= 0.6 is 23.2 Å². The molecular formula is C28H23Cl2N3O4. The third-order valence-electron chi connectivity index (χ3n) is 6.27. The molecule has 0 saturated heterocycles. The van der Waals surface area contributed by atoms with Crippen molar-refractivity contribution in [3.63, 3.8) is 0 Å². The zero-order valence-corrected chi connectivity index (χ0v) is 21.9. The molecule has 1 amide bonds. The van der Waals surface area contributed by atoms with Crippen molar-refractivity contribution in [2.75, 3.05) is 21.3 Å². The SMILES string of the molecule is COc1ccc2nc(Cl)c([C@H]3CC(c4ccc(OC)c(OC)c4)=NN3C(=O)c3cccc(Cl)c3)cc2c1. The summed E-state index contributed by atoms with van der Waals surface area (Å²) in [5.74, 6) is 1.56. The van der Waals surface area contributed by atoms with Gasteiger partial charge in [-0.05, 0) is 60.7 Å². The van der Waals surface area contributed by atoms with Crippen molar-refractivity contribution >= 4 is 45.7 Å². The second-order valence-corrected chi connectivity index (χ2v) is 9.22. The number of hydrazone groups is 1. The van der Waals surface area contributed by atoms with Gasteiger partial charge in [-0.1, -0.05) is 29.3 Å². The van der Waals surface area contributed by atoms with Gasteiger partial charge in [0.15, 0.2) is 11.5 Å². The molecule has 1 aliphatic heterocycles. The molecule has 3 aromatic carbocycles. The van der Waals surface area contributed by atoms with Crippen LogP contribution in [-0.2, 0) is 0 Å². The number of aromatic nitrogens is 1. The Morgan fingerprint density at radius 2 is 1.73 bits per heavy atom. The van der Waals surface area contributed by atoms with Crippen LogP contribution in [0.15, 0.2) is 71.8 Å². The van der Waals surface area contributed by atoms with E-state index in [0.717, 1.165) is 16.5 Å². The summed E-state index contributed by atoms with van der Waals surface area (Å²) in [5.41, 5.74) is 3.32. The van der Waals surface area contributed by atoms with Crippen LogP contribution in [0.2, 0.25) is 10.2 Å². The van der Waals surface area contributed by atoms with Gasteiger partial charge in [-0.2, -0.15) is 5.10 Å². The van der Waals surface area contributed by atoms with Crippen LogP contribution in [0.25, 0.3) is 10.9 Å². The maximum absolute atomic E-state index is 13.7. The van der Waals surface area contributed by atoms with E-state index >= 15 is 0 Å². The number of methoxy groups -OCH3 is 3. The quantitative estimate of drug-likeness (QED) is 0.261. The molecule has 0 radical (unpaired) electrons. The van der Waals surface area contributed by atoms with Crippen LogP contribution in [0, 0.1) is 0 Å². The lowest BCUT2D eigenvalue weighted by Gasteiger charge is -2.23. The molecule has 0 fully saturated rings. The van der Waals surface area contributed by atoms with Gasteiger partial charge in [0, 0.05) is 33.5 Å². The summed E-state index contributed by atoms with van der Waals surface area (Å²) < 4.78 is 16.2. The smallest absolute Gasteiger partial charge is 0.274 e. The number of benzene rings is 3. The Labute approximate surface area is 224 Å². The predicted octanol–water partition coefficient (Wildman–Crippen LogP) is 6.56. The highest BCUT2D eigenvalue weighted by Crippen LogP contribution is 2.39. The third kappa shape index (κ3) is 4.80. The molecule has 37 heavy (non-hydrogen) atoms. The Bertz CT molecular complexity index is 1540. The van der Waals surface area contributed by atoms with Crippen molar-refractivity contribution < 1.29 is 19.0 Å². The minimum absolute atomic E-state index is 0.301. The summed E-state index contributed by atoms with van der Waals surface area (Å²) in [6.45, 7) is 0. The number of nitrogens with zero attached hydrogens (tertiary/aromatic N) is 3. The summed E-state index contributed by atoms with van der Waals surface area (Å²) >= 11 is 12.9. The Hall–Kier alpha value is -3.81. The summed E-state index contributed by atoms with van der Waals surface area (Å²) in [4.78, 5) is 18.3. The average Bonchev–Trinajstić information content (AvgIpc) is 3.36. The van der Waals surface area contributed by atoms with E-state index in [2.05, 4.69) is 4.98 Å². The molecule has 9 heteroatoms. The van der Waals surface area contributed by atoms with Gasteiger partial charge < -0.3 is 14.2 Å². The van der Waals surface area contributed by atoms with E-state index in [1.54, 1.807) is 45.6 Å². The highest BCUT2D eigenvalue weighted by Gasteiger charge is 2.36. The lowest BCUT2D eigenvalue weighted by atomic mass is 9.97. The number of ether oxygens (including phenoxy) is 3. The number of hydrogen-bond donors (Lipinski definition) is 0. The van der Waals surface area contributed by atoms with Crippen LogP contribution in [0.1, 0.15) is 33.9 Å². The largest absolute Gasteiger partial charge is 0.497 e. The van der Waals surface area contributed by atoms with E-state index in [1.165, 1.54) is 5.01 Å². The van der Waals surface area contributed by atoms with Crippen LogP contribution in [0.3, 0.4) is 0 Å². The summed E-state index contributed by atoms with van der Waals surface area (Å²) in [6, 6.07) is 19.3. The van der Waals surface area contributed by atoms with Crippen LogP contribution in [0.4, 0.5) is 0 Å². The molecule has 188 valence electrons. The molecule has 2 heterocycles. The minimum atomic E-state index is -0.495. The van der Waals surface area contributed by atoms with Gasteiger partial charge in [0.25, 0.3) is 5.91 Å². The molecule has 1 aromatic heterocycles. The average molecular weight is 536 g/mol. The number of amides is 1. The van der Waals surface area contributed by atoms with Crippen LogP contribution in [-0.4, -0.2) is 42.9 Å². The van der Waals surface area contributed by atoms with Crippen molar-refractivity contribution in [2.24, 2.45) is 5.10 Å². The van der Waals surface area contributed by atoms with E-state index in [-0.39, 0.29) is 5.91 Å². The molecular weight excluding hydrogens is 513 g/mol. The first-order valence-electron chi connectivity index (χ1n) is 11.4. The molecule has 5 rings (SSSR count). The fourth-order valence-corrected chi connectivity index (χ4v) is 4.85. The number of rotatable bonds is 6. The number of carbonyl (C=O) groups excluding carboxylic acids is 1. The molecule has 1 atom stereocenters. The molecule has 0 spiro atoms. The first-order valence-corrected chi connectivity index (χ1v) is 12.2. The molecule has 0 bridgehead atoms. The third-order valence-corrected chi connectivity index (χ3v) is 6.81. The van der Waals surface area contributed by atoms with E-state index in [9.17, 15) is 4.79 Å². The van der Waals surface area contributed by atoms with E-state index in [4.69, 9.17) is 42.5 Å². The van der Waals surface area contributed by atoms with Crippen molar-refractivity contribution in [3.8, 4) is 17.2 Å². The molecule has 0 N–H and O–H groups in total. The normalized spacial score (nSPS) is 15.0. The van der Waals surface area contributed by atoms with Crippen molar-refractivity contribution in [1.29, 1.82) is 0 Å². The second kappa shape index (κ2) is 10.3. The monoisotopic (exact) mass is 535 g/mol. The van der Waals surface area contributed by atoms with Gasteiger partial charge in [-0.25, -0.2) is 9.99 Å². The van der Waals surface area contributed by atoms with Crippen molar-refractivity contribution in [3.05, 3.63) is 93.6 Å². The lowest BCUT2D eigenvalue weighted by molar-refractivity contribution is 0.0711. The zero-order chi connectivity index (χ0) is 26.1. The Kier molecular flexibility index (Phi) is 6.91. The first kappa shape index (κ1) is 24.9. The Balaban J connectivity index is 1.61. The van der Waals surface area contributed by atoms with E-state index in [0.29, 0.717) is 50.7 Å². The summed E-state index contributed by atoms with van der Waals surface area (Å²) in [7, 11) is 4.76. The van der Waals surface area contributed by atoms with E-state index in [1.807, 2.05) is 42.5 Å². The maximum atomic E-state index is 13.7. The van der Waals surface area contributed by atoms with Crippen LogP contribution in [0.5, 0.6) is 17.2 Å². The summed E-state index contributed by atoms with van der Waals surface area (Å²) in [5, 5.41) is 7.81. The zero-order valence-electron chi connectivity index (χ0n) is 20.4. The van der Waals surface area contributed by atoms with E-state index < -0.39 is 6.04 Å². The first-order chi connectivity index (χ1) is 17.9. The number of fused-ring (bicyclic) bond motifs is 1. The second-order valence-electron chi connectivity index (χ2n) is 8.42.